The highest BCUT2D eigenvalue weighted by Crippen LogP contribution is 2.45. The van der Waals surface area contributed by atoms with Crippen LogP contribution in [0.4, 0.5) is 13.6 Å². The molecule has 0 bridgehead atoms. The van der Waals surface area contributed by atoms with Crippen molar-refractivity contribution >= 4 is 17.1 Å². The molecule has 3 aromatic rings. The number of benzene rings is 1. The average molecular weight is 581 g/mol. The number of amides is 1. The van der Waals surface area contributed by atoms with Crippen LogP contribution in [0.25, 0.3) is 11.0 Å². The Kier molecular flexibility index (Phi) is 7.13. The first-order chi connectivity index (χ1) is 19.8. The van der Waals surface area contributed by atoms with Crippen LogP contribution in [0.1, 0.15) is 81.5 Å². The molecule has 0 spiro atoms. The lowest BCUT2D eigenvalue weighted by molar-refractivity contribution is -0.147. The molecule has 0 N–H and O–H groups in total. The molecule has 224 valence electrons. The Labute approximate surface area is 244 Å². The second-order valence-corrected chi connectivity index (χ2v) is 12.9. The smallest absolute Gasteiger partial charge is 0.410 e. The third-order valence-electron chi connectivity index (χ3n) is 8.29. The molecule has 42 heavy (non-hydrogen) atoms. The molecule has 1 aromatic carbocycles. The maximum absolute atomic E-state index is 13.9. The van der Waals surface area contributed by atoms with E-state index >= 15 is 0 Å². The Bertz CT molecular complexity index is 1560. The van der Waals surface area contributed by atoms with Crippen molar-refractivity contribution in [2.24, 2.45) is 0 Å². The zero-order valence-electron chi connectivity index (χ0n) is 25.0. The van der Waals surface area contributed by atoms with Crippen LogP contribution < -0.4 is 0 Å². The summed E-state index contributed by atoms with van der Waals surface area (Å²) in [7, 11) is 0. The van der Waals surface area contributed by atoms with Gasteiger partial charge in [-0.05, 0) is 101 Å². The number of carbonyl (C=O) groups excluding carboxylic acids is 1. The van der Waals surface area contributed by atoms with Crippen LogP contribution in [0, 0.1) is 6.92 Å². The fourth-order valence-corrected chi connectivity index (χ4v) is 6.42. The normalized spacial score (nSPS) is 23.3. The zero-order chi connectivity index (χ0) is 30.0. The summed E-state index contributed by atoms with van der Waals surface area (Å²) in [6, 6.07) is 5.07. The fraction of sp³-hybridized carbons (Fsp3) is 0.531. The highest BCUT2D eigenvalue weighted by molar-refractivity contribution is 5.78. The van der Waals surface area contributed by atoms with E-state index in [0.717, 1.165) is 39.0 Å². The summed E-state index contributed by atoms with van der Waals surface area (Å²) >= 11 is 0. The monoisotopic (exact) mass is 580 g/mol. The summed E-state index contributed by atoms with van der Waals surface area (Å²) in [4.78, 5) is 23.4. The number of aromatic nitrogens is 3. The minimum Gasteiger partial charge on any atom is -0.444 e. The predicted octanol–water partition coefficient (Wildman–Crippen LogP) is 6.60. The van der Waals surface area contributed by atoms with Gasteiger partial charge in [0.1, 0.15) is 29.8 Å². The highest BCUT2D eigenvalue weighted by Gasteiger charge is 2.50. The SMILES string of the molecule is Cc1ncnc2c1ccn2[C@@H]1C=C(CCc2cc(C(F)F)cc3c2CN(C(=O)OC(C)(C)C)CC3)[C@H]2OC(C)(C)O[C@H]21. The van der Waals surface area contributed by atoms with Gasteiger partial charge in [0.2, 0.25) is 0 Å². The molecule has 0 saturated carbocycles. The van der Waals surface area contributed by atoms with E-state index < -0.39 is 23.9 Å². The molecule has 2 aromatic heterocycles. The molecule has 10 heteroatoms. The lowest BCUT2D eigenvalue weighted by Gasteiger charge is -2.32. The number of hydrogen-bond acceptors (Lipinski definition) is 6. The predicted molar refractivity (Wildman–Crippen MR) is 153 cm³/mol. The van der Waals surface area contributed by atoms with Gasteiger partial charge in [-0.25, -0.2) is 23.5 Å². The van der Waals surface area contributed by atoms with Gasteiger partial charge in [-0.15, -0.1) is 0 Å². The molecule has 3 aliphatic rings. The number of fused-ring (bicyclic) bond motifs is 3. The van der Waals surface area contributed by atoms with Crippen LogP contribution in [-0.2, 0) is 33.6 Å². The molecule has 0 unspecified atom stereocenters. The molecule has 6 rings (SSSR count). The average Bonchev–Trinajstić information content (AvgIpc) is 3.57. The Morgan fingerprint density at radius 2 is 1.98 bits per heavy atom. The third kappa shape index (κ3) is 5.42. The van der Waals surface area contributed by atoms with Crippen molar-refractivity contribution in [3.05, 3.63) is 70.3 Å². The van der Waals surface area contributed by atoms with Crippen LogP contribution in [-0.4, -0.2) is 55.7 Å². The van der Waals surface area contributed by atoms with Gasteiger partial charge < -0.3 is 23.7 Å². The first-order valence-corrected chi connectivity index (χ1v) is 14.5. The minimum absolute atomic E-state index is 0.0149. The van der Waals surface area contributed by atoms with Crippen molar-refractivity contribution in [3.63, 3.8) is 0 Å². The van der Waals surface area contributed by atoms with Gasteiger partial charge in [0.05, 0.1) is 11.7 Å². The van der Waals surface area contributed by atoms with Gasteiger partial charge >= 0.3 is 6.09 Å². The molecule has 0 radical (unpaired) electrons. The van der Waals surface area contributed by atoms with Gasteiger partial charge in [0.15, 0.2) is 5.79 Å². The van der Waals surface area contributed by atoms with Crippen molar-refractivity contribution in [2.75, 3.05) is 6.54 Å². The summed E-state index contributed by atoms with van der Waals surface area (Å²) in [5.41, 5.74) is 4.83. The van der Waals surface area contributed by atoms with Crippen molar-refractivity contribution in [2.45, 2.75) is 103 Å². The molecule has 1 saturated heterocycles. The van der Waals surface area contributed by atoms with Gasteiger partial charge in [0.25, 0.3) is 6.43 Å². The molecule has 4 heterocycles. The van der Waals surface area contributed by atoms with Gasteiger partial charge in [-0.1, -0.05) is 6.08 Å². The second kappa shape index (κ2) is 10.4. The number of alkyl halides is 2. The zero-order valence-corrected chi connectivity index (χ0v) is 25.0. The Morgan fingerprint density at radius 3 is 2.71 bits per heavy atom. The molecule has 8 nitrogen and oxygen atoms in total. The number of carbonyl (C=O) groups is 1. The number of halogens is 2. The number of ether oxygens (including phenoxy) is 3. The van der Waals surface area contributed by atoms with E-state index in [4.69, 9.17) is 14.2 Å². The first-order valence-electron chi connectivity index (χ1n) is 14.5. The van der Waals surface area contributed by atoms with E-state index in [1.165, 1.54) is 0 Å². The van der Waals surface area contributed by atoms with Crippen LogP contribution >= 0.6 is 0 Å². The van der Waals surface area contributed by atoms with E-state index in [1.54, 1.807) is 23.4 Å². The Morgan fingerprint density at radius 1 is 1.19 bits per heavy atom. The number of nitrogens with zero attached hydrogens (tertiary/aromatic N) is 4. The summed E-state index contributed by atoms with van der Waals surface area (Å²) < 4.78 is 48.3. The lowest BCUT2D eigenvalue weighted by atomic mass is 9.89. The van der Waals surface area contributed by atoms with Gasteiger partial charge in [-0.2, -0.15) is 0 Å². The van der Waals surface area contributed by atoms with Gasteiger partial charge in [-0.3, -0.25) is 0 Å². The maximum Gasteiger partial charge on any atom is 0.410 e. The molecular weight excluding hydrogens is 542 g/mol. The topological polar surface area (TPSA) is 78.7 Å². The van der Waals surface area contributed by atoms with Crippen LogP contribution in [0.3, 0.4) is 0 Å². The van der Waals surface area contributed by atoms with Crippen LogP contribution in [0.15, 0.2) is 42.4 Å². The summed E-state index contributed by atoms with van der Waals surface area (Å²) in [5.74, 6) is -0.760. The standard InChI is InChI=1S/C32H38F2N4O4/c1-18-23-10-12-38(29(23)36-17-35-18)25-15-21(26-27(25)41-32(5,6)40-26)8-7-19-13-22(28(33)34)14-20-9-11-37(16-24(19)20)30(39)42-31(2,3)4/h10,12-15,17,25-28H,7-9,11,16H2,1-6H3/t25-,26-,27+/m1/s1. The summed E-state index contributed by atoms with van der Waals surface area (Å²) in [6.07, 6.45) is 3.93. The molecule has 1 amide bonds. The number of rotatable bonds is 5. The van der Waals surface area contributed by atoms with E-state index in [0.29, 0.717) is 32.4 Å². The molecular formula is C32H38F2N4O4. The first kappa shape index (κ1) is 28.7. The molecule has 3 atom stereocenters. The fourth-order valence-electron chi connectivity index (χ4n) is 6.42. The minimum atomic E-state index is -2.57. The number of hydrogen-bond donors (Lipinski definition) is 0. The van der Waals surface area contributed by atoms with E-state index in [1.807, 2.05) is 53.8 Å². The van der Waals surface area contributed by atoms with Gasteiger partial charge in [0, 0.05) is 30.2 Å². The lowest BCUT2D eigenvalue weighted by Crippen LogP contribution is -2.40. The maximum atomic E-state index is 13.9. The van der Waals surface area contributed by atoms with Crippen molar-refractivity contribution in [1.82, 2.24) is 19.4 Å². The van der Waals surface area contributed by atoms with E-state index in [2.05, 4.69) is 20.6 Å². The van der Waals surface area contributed by atoms with Crippen molar-refractivity contribution < 1.29 is 27.8 Å². The Hall–Kier alpha value is -3.37. The highest BCUT2D eigenvalue weighted by atomic mass is 19.3. The van der Waals surface area contributed by atoms with Crippen molar-refractivity contribution in [3.8, 4) is 0 Å². The second-order valence-electron chi connectivity index (χ2n) is 12.9. The Balaban J connectivity index is 1.30. The quantitative estimate of drug-likeness (QED) is 0.316. The molecule has 2 aliphatic heterocycles. The van der Waals surface area contributed by atoms with E-state index in [-0.39, 0.29) is 23.8 Å². The summed E-state index contributed by atoms with van der Waals surface area (Å²) in [5, 5.41) is 0.985. The third-order valence-corrected chi connectivity index (χ3v) is 8.29. The molecule has 1 fully saturated rings. The van der Waals surface area contributed by atoms with E-state index in [9.17, 15) is 13.6 Å². The van der Waals surface area contributed by atoms with Crippen LogP contribution in [0.2, 0.25) is 0 Å². The van der Waals surface area contributed by atoms with Crippen LogP contribution in [0.5, 0.6) is 0 Å². The molecule has 1 aliphatic carbocycles. The largest absolute Gasteiger partial charge is 0.444 e. The summed E-state index contributed by atoms with van der Waals surface area (Å²) in [6.45, 7) is 12.0. The number of aryl methyl sites for hydroxylation is 2. The van der Waals surface area contributed by atoms with Crippen molar-refractivity contribution in [1.29, 1.82) is 0 Å².